The number of rotatable bonds is 11. The second-order valence-corrected chi connectivity index (χ2v) is 23.1. The number of esters is 1. The van der Waals surface area contributed by atoms with E-state index < -0.39 is 34.9 Å². The molecule has 10 rings (SSSR count). The van der Waals surface area contributed by atoms with Gasteiger partial charge in [-0.05, 0) is 130 Å². The SMILES string of the molecule is CCn1c(-c2cccnc2[C@H](C)OC)c2c3cc(ccc31)-c1cccc(c1)C[C@H](NC(=O)[C@H](C1CCCC1)N1CC[C@]3(CCN(C(=O)[C@H](C)[C@H](N)C4CC4)C3)C1=O)C(=O)N1CCC[C@H](N1)C(=O)OCC(C)(C)C2. The molecule has 6 bridgehead atoms. The van der Waals surface area contributed by atoms with Crippen molar-refractivity contribution < 1.29 is 33.4 Å². The van der Waals surface area contributed by atoms with Gasteiger partial charge in [0.15, 0.2) is 0 Å². The van der Waals surface area contributed by atoms with Gasteiger partial charge in [0.05, 0.1) is 35.4 Å². The lowest BCUT2D eigenvalue weighted by atomic mass is 9.84. The van der Waals surface area contributed by atoms with Crippen LogP contribution >= 0.6 is 0 Å². The van der Waals surface area contributed by atoms with Crippen LogP contribution in [0.3, 0.4) is 0 Å². The molecule has 0 radical (unpaired) electrons. The maximum atomic E-state index is 15.2. The number of nitrogens with two attached hydrogens (primary N) is 1. The minimum atomic E-state index is -1.02. The Balaban J connectivity index is 0.990. The van der Waals surface area contributed by atoms with Crippen molar-refractivity contribution in [2.45, 2.75) is 148 Å². The molecule has 4 amide bonds. The monoisotopic (exact) mass is 997 g/mol. The average Bonchev–Trinajstić information content (AvgIpc) is 3.65. The van der Waals surface area contributed by atoms with Gasteiger partial charge < -0.3 is 34.9 Å². The summed E-state index contributed by atoms with van der Waals surface area (Å²) in [5, 5.41) is 5.82. The molecule has 390 valence electrons. The molecule has 15 heteroatoms. The summed E-state index contributed by atoms with van der Waals surface area (Å²) in [5.41, 5.74) is 16.4. The van der Waals surface area contributed by atoms with Gasteiger partial charge in [0.2, 0.25) is 17.7 Å². The molecule has 0 unspecified atom stereocenters. The Morgan fingerprint density at radius 2 is 1.70 bits per heavy atom. The number of hydrogen-bond acceptors (Lipinski definition) is 10. The zero-order valence-electron chi connectivity index (χ0n) is 43.8. The molecule has 5 fully saturated rings. The van der Waals surface area contributed by atoms with Crippen LogP contribution in [-0.4, -0.2) is 118 Å². The Hall–Kier alpha value is -5.64. The van der Waals surface area contributed by atoms with Gasteiger partial charge in [-0.2, -0.15) is 0 Å². The number of nitrogens with one attached hydrogen (secondary N) is 2. The summed E-state index contributed by atoms with van der Waals surface area (Å²) in [7, 11) is 1.70. The second kappa shape index (κ2) is 20.6. The summed E-state index contributed by atoms with van der Waals surface area (Å²) in [6, 6.07) is 16.1. The predicted octanol–water partition coefficient (Wildman–Crippen LogP) is 7.13. The van der Waals surface area contributed by atoms with Gasteiger partial charge >= 0.3 is 5.97 Å². The lowest BCUT2D eigenvalue weighted by molar-refractivity contribution is -0.155. The van der Waals surface area contributed by atoms with Crippen LogP contribution in [0.5, 0.6) is 0 Å². The van der Waals surface area contributed by atoms with E-state index >= 15 is 9.59 Å². The number of methoxy groups -OCH3 is 1. The third kappa shape index (κ3) is 9.93. The molecule has 6 aliphatic rings. The van der Waals surface area contributed by atoms with Gasteiger partial charge in [0, 0.05) is 80.4 Å². The summed E-state index contributed by atoms with van der Waals surface area (Å²) in [4.78, 5) is 81.4. The average molecular weight is 997 g/mol. The van der Waals surface area contributed by atoms with Crippen molar-refractivity contribution in [3.8, 4) is 22.4 Å². The lowest BCUT2D eigenvalue weighted by Crippen LogP contribution is -2.62. The number of carbonyl (C=O) groups excluding carboxylic acids is 5. The molecule has 6 heterocycles. The van der Waals surface area contributed by atoms with Gasteiger partial charge in [-0.3, -0.25) is 34.0 Å². The molecule has 2 aliphatic carbocycles. The van der Waals surface area contributed by atoms with E-state index in [-0.39, 0.29) is 60.6 Å². The lowest BCUT2D eigenvalue weighted by Gasteiger charge is -2.37. The van der Waals surface area contributed by atoms with Crippen LogP contribution in [0.2, 0.25) is 0 Å². The van der Waals surface area contributed by atoms with Crippen LogP contribution < -0.4 is 16.5 Å². The third-order valence-corrected chi connectivity index (χ3v) is 17.4. The number of ether oxygens (including phenoxy) is 2. The van der Waals surface area contributed by atoms with Gasteiger partial charge in [-0.1, -0.05) is 63.9 Å². The smallest absolute Gasteiger partial charge is 0.324 e. The normalized spacial score (nSPS) is 25.5. The molecule has 73 heavy (non-hydrogen) atoms. The standard InChI is InChI=1S/C58H76N8O7/c1-7-64-47-22-21-41-31-43(47)44(51(64)42-17-11-25-60-49(42)36(3)72-6)32-57(4,5)34-73-55(70)45-18-12-26-66(62-45)54(69)46(30-37-13-10-16-40(41)29-37)61-52(67)50(39-14-8-9-15-39)65-28-24-58(56(65)71)23-27-63(33-58)53(68)35(2)48(59)38-19-20-38/h10-11,13,16-17,21-22,25,29,31,35-36,38-39,45-46,48,50,62H,7-9,12,14-15,18-20,23-24,26-28,30,32-34,59H2,1-6H3,(H,61,67)/t35-,36+,45+,46+,48+,50+,58+/m1/s1. The van der Waals surface area contributed by atoms with Crippen LogP contribution in [0.4, 0.5) is 0 Å². The molecule has 1 spiro atoms. The number of nitrogens with zero attached hydrogens (tertiary/aromatic N) is 5. The first kappa shape index (κ1) is 50.9. The van der Waals surface area contributed by atoms with Crippen molar-refractivity contribution >= 4 is 40.5 Å². The van der Waals surface area contributed by atoms with E-state index in [1.54, 1.807) is 18.2 Å². The molecule has 3 saturated heterocycles. The minimum absolute atomic E-state index is 0.00861. The molecular weight excluding hydrogens is 921 g/mol. The van der Waals surface area contributed by atoms with Crippen molar-refractivity contribution in [2.24, 2.45) is 34.3 Å². The van der Waals surface area contributed by atoms with Crippen LogP contribution in [0.25, 0.3) is 33.3 Å². The first-order valence-corrected chi connectivity index (χ1v) is 27.2. The molecule has 4 aromatic rings. The Morgan fingerprint density at radius 3 is 2.45 bits per heavy atom. The van der Waals surface area contributed by atoms with E-state index in [0.717, 1.165) is 88.6 Å². The molecule has 2 aromatic heterocycles. The third-order valence-electron chi connectivity index (χ3n) is 17.4. The topological polar surface area (TPSA) is 181 Å². The van der Waals surface area contributed by atoms with Crippen molar-refractivity contribution in [2.75, 3.05) is 39.9 Å². The highest BCUT2D eigenvalue weighted by molar-refractivity contribution is 5.97. The van der Waals surface area contributed by atoms with Crippen molar-refractivity contribution in [1.29, 1.82) is 0 Å². The van der Waals surface area contributed by atoms with Crippen LogP contribution in [0.15, 0.2) is 60.8 Å². The number of hydrogen-bond donors (Lipinski definition) is 3. The predicted molar refractivity (Wildman–Crippen MR) is 279 cm³/mol. The van der Waals surface area contributed by atoms with Crippen LogP contribution in [0.1, 0.15) is 122 Å². The highest BCUT2D eigenvalue weighted by atomic mass is 16.5. The van der Waals surface area contributed by atoms with E-state index in [4.69, 9.17) is 20.2 Å². The number of carbonyl (C=O) groups is 5. The Morgan fingerprint density at radius 1 is 0.932 bits per heavy atom. The number of benzene rings is 2. The summed E-state index contributed by atoms with van der Waals surface area (Å²) in [6.45, 7) is 12.8. The quantitative estimate of drug-likeness (QED) is 0.131. The molecule has 4 N–H and O–H groups in total. The summed E-state index contributed by atoms with van der Waals surface area (Å²) < 4.78 is 14.4. The second-order valence-electron chi connectivity index (χ2n) is 23.1. The van der Waals surface area contributed by atoms with E-state index in [0.29, 0.717) is 70.7 Å². The number of pyridine rings is 1. The van der Waals surface area contributed by atoms with Gasteiger partial charge in [0.25, 0.3) is 5.91 Å². The van der Waals surface area contributed by atoms with Gasteiger partial charge in [-0.15, -0.1) is 0 Å². The Labute approximate surface area is 430 Å². The van der Waals surface area contributed by atoms with Crippen molar-refractivity contribution in [1.82, 2.24) is 35.1 Å². The van der Waals surface area contributed by atoms with Crippen molar-refractivity contribution in [3.05, 3.63) is 77.6 Å². The fraction of sp³-hybridized carbons (Fsp3) is 0.586. The maximum Gasteiger partial charge on any atom is 0.324 e. The van der Waals surface area contributed by atoms with E-state index in [1.807, 2.05) is 36.9 Å². The van der Waals surface area contributed by atoms with E-state index in [9.17, 15) is 14.4 Å². The van der Waals surface area contributed by atoms with Gasteiger partial charge in [0.1, 0.15) is 18.1 Å². The largest absolute Gasteiger partial charge is 0.464 e. The fourth-order valence-corrected chi connectivity index (χ4v) is 13.0. The van der Waals surface area contributed by atoms with E-state index in [2.05, 4.69) is 72.5 Å². The number of amides is 4. The minimum Gasteiger partial charge on any atom is -0.464 e. The summed E-state index contributed by atoms with van der Waals surface area (Å²) in [5.74, 6) is -1.20. The van der Waals surface area contributed by atoms with Crippen molar-refractivity contribution in [3.63, 3.8) is 0 Å². The molecule has 2 aromatic carbocycles. The molecule has 4 aliphatic heterocycles. The summed E-state index contributed by atoms with van der Waals surface area (Å²) in [6.07, 6.45) is 10.1. The van der Waals surface area contributed by atoms with Crippen LogP contribution in [-0.2, 0) is 52.8 Å². The molecule has 15 nitrogen and oxygen atoms in total. The zero-order chi connectivity index (χ0) is 51.3. The number of aromatic nitrogens is 2. The number of hydrazine groups is 1. The Bertz CT molecular complexity index is 2760. The van der Waals surface area contributed by atoms with E-state index in [1.165, 1.54) is 5.01 Å². The fourth-order valence-electron chi connectivity index (χ4n) is 13.0. The highest BCUT2D eigenvalue weighted by Crippen LogP contribution is 2.46. The Kier molecular flexibility index (Phi) is 14.3. The molecule has 7 atom stereocenters. The number of fused-ring (bicyclic) bond motifs is 6. The number of aryl methyl sites for hydroxylation is 1. The molecule has 2 saturated carbocycles. The highest BCUT2D eigenvalue weighted by Gasteiger charge is 2.56. The number of likely N-dealkylation sites (tertiary alicyclic amines) is 2. The first-order valence-electron chi connectivity index (χ1n) is 27.2. The summed E-state index contributed by atoms with van der Waals surface area (Å²) >= 11 is 0. The molecular formula is C58H76N8O7. The zero-order valence-corrected chi connectivity index (χ0v) is 43.8. The van der Waals surface area contributed by atoms with Gasteiger partial charge in [-0.25, -0.2) is 5.43 Å². The number of cyclic esters (lactones) is 1. The maximum absolute atomic E-state index is 15.2. The van der Waals surface area contributed by atoms with Crippen LogP contribution in [0, 0.1) is 28.6 Å². The first-order chi connectivity index (χ1) is 35.1.